The maximum atomic E-state index is 13.0. The minimum Gasteiger partial charge on any atom is -0.493 e. The second kappa shape index (κ2) is 10.6. The molecule has 3 aromatic carbocycles. The second-order valence-corrected chi connectivity index (χ2v) is 7.48. The molecular weight excluding hydrogens is 448 g/mol. The summed E-state index contributed by atoms with van der Waals surface area (Å²) in [6.07, 6.45) is 0. The number of fused-ring (bicyclic) bond motifs is 1. The lowest BCUT2D eigenvalue weighted by atomic mass is 10.0. The van der Waals surface area contributed by atoms with Crippen LogP contribution in [0.3, 0.4) is 0 Å². The van der Waals surface area contributed by atoms with Gasteiger partial charge in [0.1, 0.15) is 0 Å². The predicted octanol–water partition coefficient (Wildman–Crippen LogP) is 4.72. The number of nitrogens with one attached hydrogen (secondary N) is 1. The first-order chi connectivity index (χ1) is 17.0. The Morgan fingerprint density at radius 2 is 1.49 bits per heavy atom. The molecule has 4 rings (SSSR count). The van der Waals surface area contributed by atoms with E-state index in [0.29, 0.717) is 45.1 Å². The van der Waals surface area contributed by atoms with Crippen LogP contribution in [0.2, 0.25) is 0 Å². The summed E-state index contributed by atoms with van der Waals surface area (Å²) in [6, 6.07) is 21.7. The van der Waals surface area contributed by atoms with Gasteiger partial charge >= 0.3 is 5.97 Å². The molecule has 0 spiro atoms. The lowest BCUT2D eigenvalue weighted by molar-refractivity contribution is -0.119. The van der Waals surface area contributed by atoms with Gasteiger partial charge in [0.15, 0.2) is 18.1 Å². The molecule has 35 heavy (non-hydrogen) atoms. The zero-order chi connectivity index (χ0) is 24.8. The Morgan fingerprint density at radius 3 is 2.14 bits per heavy atom. The Kier molecular flexibility index (Phi) is 7.11. The van der Waals surface area contributed by atoms with Crippen molar-refractivity contribution in [2.75, 3.05) is 33.3 Å². The average Bonchev–Trinajstić information content (AvgIpc) is 2.90. The van der Waals surface area contributed by atoms with Gasteiger partial charge in [-0.15, -0.1) is 0 Å². The number of methoxy groups -OCH3 is 3. The standard InChI is InChI=1S/C27H24N2O6/c1-32-23-13-18(14-24(33-2)26(23)34-3)28-25(30)16-35-27(31)20-15-22(17-9-5-4-6-10-17)29-21-12-8-7-11-19(20)21/h4-15H,16H2,1-3H3,(H,28,30). The van der Waals surface area contributed by atoms with Crippen molar-refractivity contribution in [3.05, 3.63) is 78.4 Å². The first-order valence-electron chi connectivity index (χ1n) is 10.8. The van der Waals surface area contributed by atoms with Crippen LogP contribution >= 0.6 is 0 Å². The van der Waals surface area contributed by atoms with Gasteiger partial charge in [-0.1, -0.05) is 48.5 Å². The summed E-state index contributed by atoms with van der Waals surface area (Å²) >= 11 is 0. The van der Waals surface area contributed by atoms with Crippen LogP contribution in [0.4, 0.5) is 5.69 Å². The fourth-order valence-electron chi connectivity index (χ4n) is 3.66. The van der Waals surface area contributed by atoms with Gasteiger partial charge in [0, 0.05) is 28.8 Å². The number of hydrogen-bond donors (Lipinski definition) is 1. The van der Waals surface area contributed by atoms with E-state index in [1.54, 1.807) is 24.3 Å². The highest BCUT2D eigenvalue weighted by molar-refractivity contribution is 6.05. The molecule has 0 saturated heterocycles. The van der Waals surface area contributed by atoms with E-state index < -0.39 is 18.5 Å². The summed E-state index contributed by atoms with van der Waals surface area (Å²) in [4.78, 5) is 30.2. The van der Waals surface area contributed by atoms with E-state index in [2.05, 4.69) is 10.3 Å². The fraction of sp³-hybridized carbons (Fsp3) is 0.148. The quantitative estimate of drug-likeness (QED) is 0.371. The van der Waals surface area contributed by atoms with Crippen molar-refractivity contribution >= 4 is 28.5 Å². The zero-order valence-corrected chi connectivity index (χ0v) is 19.5. The Balaban J connectivity index is 1.53. The molecule has 0 atom stereocenters. The predicted molar refractivity (Wildman–Crippen MR) is 132 cm³/mol. The minimum absolute atomic E-state index is 0.329. The Bertz CT molecular complexity index is 1350. The number of carbonyl (C=O) groups is 2. The van der Waals surface area contributed by atoms with E-state index in [0.717, 1.165) is 5.56 Å². The molecule has 1 aromatic heterocycles. The molecule has 1 heterocycles. The summed E-state index contributed by atoms with van der Waals surface area (Å²) in [5.74, 6) is 0.0278. The summed E-state index contributed by atoms with van der Waals surface area (Å²) < 4.78 is 21.2. The molecule has 178 valence electrons. The molecule has 0 unspecified atom stereocenters. The summed E-state index contributed by atoms with van der Waals surface area (Å²) in [5.41, 5.74) is 2.89. The highest BCUT2D eigenvalue weighted by atomic mass is 16.5. The molecule has 0 bridgehead atoms. The van der Waals surface area contributed by atoms with Gasteiger partial charge in [-0.25, -0.2) is 9.78 Å². The SMILES string of the molecule is COc1cc(NC(=O)COC(=O)c2cc(-c3ccccc3)nc3ccccc23)cc(OC)c1OC. The summed E-state index contributed by atoms with van der Waals surface area (Å²) in [5, 5.41) is 3.32. The second-order valence-electron chi connectivity index (χ2n) is 7.48. The van der Waals surface area contributed by atoms with E-state index in [1.807, 2.05) is 48.5 Å². The Hall–Kier alpha value is -4.59. The third-order valence-electron chi connectivity index (χ3n) is 5.29. The van der Waals surface area contributed by atoms with E-state index >= 15 is 0 Å². The molecule has 8 nitrogen and oxygen atoms in total. The van der Waals surface area contributed by atoms with Gasteiger partial charge in [0.2, 0.25) is 5.75 Å². The number of ether oxygens (including phenoxy) is 4. The minimum atomic E-state index is -0.624. The topological polar surface area (TPSA) is 96.0 Å². The van der Waals surface area contributed by atoms with Crippen molar-refractivity contribution in [2.45, 2.75) is 0 Å². The molecule has 0 saturated carbocycles. The molecule has 8 heteroatoms. The maximum absolute atomic E-state index is 13.0. The first-order valence-corrected chi connectivity index (χ1v) is 10.8. The molecule has 0 aliphatic heterocycles. The summed E-state index contributed by atoms with van der Waals surface area (Å²) in [7, 11) is 4.45. The molecule has 1 amide bonds. The Labute approximate surface area is 202 Å². The van der Waals surface area contributed by atoms with Gasteiger partial charge in [-0.2, -0.15) is 0 Å². The number of carbonyl (C=O) groups excluding carboxylic acids is 2. The Morgan fingerprint density at radius 1 is 0.829 bits per heavy atom. The monoisotopic (exact) mass is 472 g/mol. The van der Waals surface area contributed by atoms with Crippen LogP contribution in [0.1, 0.15) is 10.4 Å². The number of esters is 1. The van der Waals surface area contributed by atoms with Crippen molar-refractivity contribution in [1.29, 1.82) is 0 Å². The van der Waals surface area contributed by atoms with Crippen molar-refractivity contribution < 1.29 is 28.5 Å². The number of nitrogens with zero attached hydrogens (tertiary/aromatic N) is 1. The highest BCUT2D eigenvalue weighted by Gasteiger charge is 2.18. The summed E-state index contributed by atoms with van der Waals surface area (Å²) in [6.45, 7) is -0.479. The molecule has 4 aromatic rings. The van der Waals surface area contributed by atoms with Gasteiger partial charge in [-0.05, 0) is 12.1 Å². The maximum Gasteiger partial charge on any atom is 0.339 e. The molecule has 0 aliphatic carbocycles. The van der Waals surface area contributed by atoms with E-state index in [4.69, 9.17) is 18.9 Å². The highest BCUT2D eigenvalue weighted by Crippen LogP contribution is 2.39. The number of benzene rings is 3. The number of hydrogen-bond acceptors (Lipinski definition) is 7. The molecule has 0 fully saturated rings. The number of aromatic nitrogens is 1. The van der Waals surface area contributed by atoms with Crippen LogP contribution in [-0.2, 0) is 9.53 Å². The van der Waals surface area contributed by atoms with Gasteiger partial charge < -0.3 is 24.3 Å². The molecule has 0 aliphatic rings. The number of pyridine rings is 1. The van der Waals surface area contributed by atoms with E-state index in [9.17, 15) is 9.59 Å². The molecular formula is C27H24N2O6. The van der Waals surface area contributed by atoms with Gasteiger partial charge in [-0.3, -0.25) is 4.79 Å². The average molecular weight is 472 g/mol. The number of anilines is 1. The third kappa shape index (κ3) is 5.16. The van der Waals surface area contributed by atoms with Crippen molar-refractivity contribution in [3.63, 3.8) is 0 Å². The number of para-hydroxylation sites is 1. The fourth-order valence-corrected chi connectivity index (χ4v) is 3.66. The van der Waals surface area contributed by atoms with Crippen LogP contribution in [-0.4, -0.2) is 44.8 Å². The smallest absolute Gasteiger partial charge is 0.339 e. The lowest BCUT2D eigenvalue weighted by Crippen LogP contribution is -2.21. The molecule has 1 N–H and O–H groups in total. The largest absolute Gasteiger partial charge is 0.493 e. The molecule has 0 radical (unpaired) electrons. The number of rotatable bonds is 8. The zero-order valence-electron chi connectivity index (χ0n) is 19.5. The van der Waals surface area contributed by atoms with E-state index in [-0.39, 0.29) is 0 Å². The van der Waals surface area contributed by atoms with E-state index in [1.165, 1.54) is 21.3 Å². The van der Waals surface area contributed by atoms with Crippen molar-refractivity contribution in [1.82, 2.24) is 4.98 Å². The van der Waals surface area contributed by atoms with Crippen molar-refractivity contribution in [3.8, 4) is 28.5 Å². The van der Waals surface area contributed by atoms with Crippen LogP contribution < -0.4 is 19.5 Å². The van der Waals surface area contributed by atoms with Crippen LogP contribution in [0, 0.1) is 0 Å². The first kappa shape index (κ1) is 23.6. The third-order valence-corrected chi connectivity index (χ3v) is 5.29. The normalized spacial score (nSPS) is 10.5. The van der Waals surface area contributed by atoms with Crippen LogP contribution in [0.25, 0.3) is 22.2 Å². The van der Waals surface area contributed by atoms with Crippen LogP contribution in [0.15, 0.2) is 72.8 Å². The van der Waals surface area contributed by atoms with Crippen LogP contribution in [0.5, 0.6) is 17.2 Å². The van der Waals surface area contributed by atoms with Gasteiger partial charge in [0.25, 0.3) is 5.91 Å². The van der Waals surface area contributed by atoms with Gasteiger partial charge in [0.05, 0.1) is 38.1 Å². The van der Waals surface area contributed by atoms with Crippen molar-refractivity contribution in [2.24, 2.45) is 0 Å². The lowest BCUT2D eigenvalue weighted by Gasteiger charge is -2.15. The number of amides is 1.